The summed E-state index contributed by atoms with van der Waals surface area (Å²) in [6, 6.07) is 7.68. The van der Waals surface area contributed by atoms with Crippen molar-refractivity contribution in [1.29, 1.82) is 0 Å². The molecule has 6 heteroatoms. The Labute approximate surface area is 127 Å². The highest BCUT2D eigenvalue weighted by Crippen LogP contribution is 2.18. The van der Waals surface area contributed by atoms with Gasteiger partial charge in [0.05, 0.1) is 6.54 Å². The van der Waals surface area contributed by atoms with Gasteiger partial charge in [-0.3, -0.25) is 9.59 Å². The predicted octanol–water partition coefficient (Wildman–Crippen LogP) is 1.58. The van der Waals surface area contributed by atoms with Crippen LogP contribution in [-0.4, -0.2) is 41.3 Å². The highest BCUT2D eigenvalue weighted by Gasteiger charge is 2.23. The van der Waals surface area contributed by atoms with Gasteiger partial charge in [-0.25, -0.2) is 4.98 Å². The molecular weight excluding hydrogens is 282 g/mol. The highest BCUT2D eigenvalue weighted by atomic mass is 16.3. The van der Waals surface area contributed by atoms with E-state index in [1.54, 1.807) is 7.05 Å². The molecular formula is C16H17N3O3. The Kier molecular flexibility index (Phi) is 3.91. The van der Waals surface area contributed by atoms with Crippen LogP contribution >= 0.6 is 0 Å². The van der Waals surface area contributed by atoms with Crippen molar-refractivity contribution < 1.29 is 14.0 Å². The number of likely N-dealkylation sites (N-methyl/N-ethyl adjacent to an activating group) is 1. The summed E-state index contributed by atoms with van der Waals surface area (Å²) in [4.78, 5) is 29.2. The van der Waals surface area contributed by atoms with Gasteiger partial charge in [-0.15, -0.1) is 0 Å². The zero-order valence-corrected chi connectivity index (χ0v) is 12.3. The van der Waals surface area contributed by atoms with Crippen molar-refractivity contribution in [3.63, 3.8) is 0 Å². The zero-order chi connectivity index (χ0) is 15.5. The van der Waals surface area contributed by atoms with Crippen molar-refractivity contribution in [3.8, 4) is 0 Å². The van der Waals surface area contributed by atoms with E-state index in [0.29, 0.717) is 17.5 Å². The average molecular weight is 299 g/mol. The van der Waals surface area contributed by atoms with Gasteiger partial charge in [0.1, 0.15) is 5.52 Å². The molecule has 1 aliphatic rings. The van der Waals surface area contributed by atoms with E-state index in [-0.39, 0.29) is 18.4 Å². The zero-order valence-electron chi connectivity index (χ0n) is 12.3. The third kappa shape index (κ3) is 3.52. The smallest absolute Gasteiger partial charge is 0.246 e. The fourth-order valence-corrected chi connectivity index (χ4v) is 2.03. The Morgan fingerprint density at radius 2 is 2.18 bits per heavy atom. The molecule has 1 fully saturated rings. The van der Waals surface area contributed by atoms with Gasteiger partial charge < -0.3 is 14.6 Å². The first kappa shape index (κ1) is 14.3. The summed E-state index contributed by atoms with van der Waals surface area (Å²) in [5.41, 5.74) is 1.42. The molecule has 1 saturated carbocycles. The molecule has 2 aromatic rings. The van der Waals surface area contributed by atoms with E-state index < -0.39 is 0 Å². The van der Waals surface area contributed by atoms with Gasteiger partial charge in [-0.2, -0.15) is 0 Å². The van der Waals surface area contributed by atoms with Crippen LogP contribution in [0.15, 0.2) is 34.8 Å². The number of hydrogen-bond donors (Lipinski definition) is 1. The Balaban J connectivity index is 1.58. The quantitative estimate of drug-likeness (QED) is 0.851. The van der Waals surface area contributed by atoms with Crippen LogP contribution in [0.4, 0.5) is 0 Å². The van der Waals surface area contributed by atoms with Crippen molar-refractivity contribution in [3.05, 3.63) is 36.2 Å². The summed E-state index contributed by atoms with van der Waals surface area (Å²) in [5.74, 6) is -0.0350. The predicted molar refractivity (Wildman–Crippen MR) is 81.8 cm³/mol. The van der Waals surface area contributed by atoms with E-state index in [4.69, 9.17) is 4.42 Å². The molecule has 1 N–H and O–H groups in total. The number of para-hydroxylation sites is 2. The Morgan fingerprint density at radius 1 is 1.41 bits per heavy atom. The Hall–Kier alpha value is -2.63. The van der Waals surface area contributed by atoms with Gasteiger partial charge in [0.2, 0.25) is 17.7 Å². The van der Waals surface area contributed by atoms with Gasteiger partial charge in [0.25, 0.3) is 0 Å². The fraction of sp³-hybridized carbons (Fsp3) is 0.312. The molecule has 1 aromatic heterocycles. The third-order valence-electron chi connectivity index (χ3n) is 3.38. The van der Waals surface area contributed by atoms with Crippen LogP contribution in [0.1, 0.15) is 18.7 Å². The van der Waals surface area contributed by atoms with E-state index in [1.807, 2.05) is 24.3 Å². The van der Waals surface area contributed by atoms with E-state index >= 15 is 0 Å². The number of carbonyl (C=O) groups is 2. The number of amides is 2. The van der Waals surface area contributed by atoms with Crippen molar-refractivity contribution in [1.82, 2.24) is 15.2 Å². The number of fused-ring (bicyclic) bond motifs is 1. The second-order valence-corrected chi connectivity index (χ2v) is 5.39. The monoisotopic (exact) mass is 299 g/mol. The molecule has 0 spiro atoms. The SMILES string of the molecule is CN(CC(=O)NC1CC1)C(=O)/C=C/c1nc2ccccc2o1. The van der Waals surface area contributed by atoms with Crippen molar-refractivity contribution >= 4 is 29.0 Å². The molecule has 3 rings (SSSR count). The maximum Gasteiger partial charge on any atom is 0.246 e. The maximum absolute atomic E-state index is 12.0. The van der Waals surface area contributed by atoms with Crippen molar-refractivity contribution in [2.75, 3.05) is 13.6 Å². The lowest BCUT2D eigenvalue weighted by Gasteiger charge is -2.14. The van der Waals surface area contributed by atoms with Crippen LogP contribution in [-0.2, 0) is 9.59 Å². The molecule has 6 nitrogen and oxygen atoms in total. The van der Waals surface area contributed by atoms with Crippen LogP contribution in [0.3, 0.4) is 0 Å². The summed E-state index contributed by atoms with van der Waals surface area (Å²) >= 11 is 0. The number of carbonyl (C=O) groups excluding carboxylic acids is 2. The minimum atomic E-state index is -0.270. The molecule has 0 saturated heterocycles. The van der Waals surface area contributed by atoms with Crippen LogP contribution in [0, 0.1) is 0 Å². The minimum absolute atomic E-state index is 0.0488. The van der Waals surface area contributed by atoms with Crippen molar-refractivity contribution in [2.45, 2.75) is 18.9 Å². The van der Waals surface area contributed by atoms with Crippen LogP contribution in [0.25, 0.3) is 17.2 Å². The topological polar surface area (TPSA) is 75.4 Å². The standard InChI is InChI=1S/C16H17N3O3/c1-19(10-14(20)17-11-6-7-11)16(21)9-8-15-18-12-4-2-3-5-13(12)22-15/h2-5,8-9,11H,6-7,10H2,1H3,(H,17,20)/b9-8+. The molecule has 114 valence electrons. The number of oxazole rings is 1. The minimum Gasteiger partial charge on any atom is -0.437 e. The molecule has 1 heterocycles. The summed E-state index contributed by atoms with van der Waals surface area (Å²) in [5, 5.41) is 2.84. The molecule has 0 bridgehead atoms. The molecule has 22 heavy (non-hydrogen) atoms. The van der Waals surface area contributed by atoms with Crippen LogP contribution in [0.2, 0.25) is 0 Å². The molecule has 0 atom stereocenters. The highest BCUT2D eigenvalue weighted by molar-refractivity contribution is 5.94. The third-order valence-corrected chi connectivity index (χ3v) is 3.38. The summed E-state index contributed by atoms with van der Waals surface area (Å²) in [6.07, 6.45) is 4.93. The second kappa shape index (κ2) is 6.01. The Morgan fingerprint density at radius 3 is 2.91 bits per heavy atom. The van der Waals surface area contributed by atoms with Crippen LogP contribution < -0.4 is 5.32 Å². The van der Waals surface area contributed by atoms with Crippen molar-refractivity contribution in [2.24, 2.45) is 0 Å². The number of hydrogen-bond acceptors (Lipinski definition) is 4. The number of aromatic nitrogens is 1. The van der Waals surface area contributed by atoms with E-state index in [1.165, 1.54) is 17.1 Å². The number of nitrogens with one attached hydrogen (secondary N) is 1. The average Bonchev–Trinajstić information content (AvgIpc) is 3.20. The number of rotatable bonds is 5. The molecule has 1 aliphatic carbocycles. The van der Waals surface area contributed by atoms with E-state index in [0.717, 1.165) is 18.4 Å². The van der Waals surface area contributed by atoms with E-state index in [9.17, 15) is 9.59 Å². The Bertz CT molecular complexity index is 698. The van der Waals surface area contributed by atoms with Gasteiger partial charge in [-0.05, 0) is 25.0 Å². The first-order chi connectivity index (χ1) is 10.6. The van der Waals surface area contributed by atoms with Gasteiger partial charge in [0.15, 0.2) is 5.58 Å². The number of nitrogens with zero attached hydrogens (tertiary/aromatic N) is 2. The fourth-order valence-electron chi connectivity index (χ4n) is 2.03. The largest absolute Gasteiger partial charge is 0.437 e. The van der Waals surface area contributed by atoms with E-state index in [2.05, 4.69) is 10.3 Å². The lowest BCUT2D eigenvalue weighted by molar-refractivity contribution is -0.131. The lowest BCUT2D eigenvalue weighted by Crippen LogP contribution is -2.38. The van der Waals surface area contributed by atoms with Gasteiger partial charge >= 0.3 is 0 Å². The second-order valence-electron chi connectivity index (χ2n) is 5.39. The first-order valence-corrected chi connectivity index (χ1v) is 7.20. The summed E-state index contributed by atoms with van der Waals surface area (Å²) in [6.45, 7) is 0.0488. The molecule has 1 aromatic carbocycles. The molecule has 0 unspecified atom stereocenters. The maximum atomic E-state index is 12.0. The lowest BCUT2D eigenvalue weighted by atomic mass is 10.3. The summed E-state index contributed by atoms with van der Waals surface area (Å²) < 4.78 is 5.49. The van der Waals surface area contributed by atoms with Gasteiger partial charge in [-0.1, -0.05) is 12.1 Å². The molecule has 0 radical (unpaired) electrons. The first-order valence-electron chi connectivity index (χ1n) is 7.20. The molecule has 0 aliphatic heterocycles. The summed E-state index contributed by atoms with van der Waals surface area (Å²) in [7, 11) is 1.59. The number of benzene rings is 1. The normalized spacial score (nSPS) is 14.4. The van der Waals surface area contributed by atoms with Crippen LogP contribution in [0.5, 0.6) is 0 Å². The molecule has 2 amide bonds. The van der Waals surface area contributed by atoms with Gasteiger partial charge in [0, 0.05) is 25.2 Å².